The second kappa shape index (κ2) is 8.18. The van der Waals surface area contributed by atoms with Crippen LogP contribution in [0.5, 0.6) is 11.5 Å². The number of hydrogen-bond acceptors (Lipinski definition) is 6. The van der Waals surface area contributed by atoms with E-state index in [0.29, 0.717) is 6.54 Å². The quantitative estimate of drug-likeness (QED) is 0.766. The van der Waals surface area contributed by atoms with Gasteiger partial charge in [0.05, 0.1) is 32.7 Å². The molecule has 8 nitrogen and oxygen atoms in total. The van der Waals surface area contributed by atoms with Gasteiger partial charge in [-0.25, -0.2) is 4.68 Å². The van der Waals surface area contributed by atoms with Crippen LogP contribution in [0.15, 0.2) is 24.4 Å². The smallest absolute Gasteiger partial charge is 0.219 e. The van der Waals surface area contributed by atoms with Crippen LogP contribution in [0.3, 0.4) is 0 Å². The first-order valence-corrected chi connectivity index (χ1v) is 8.66. The summed E-state index contributed by atoms with van der Waals surface area (Å²) in [5.74, 6) is 1.65. The number of aromatic nitrogens is 3. The number of amides is 1. The number of methoxy groups -OCH3 is 2. The molecule has 26 heavy (non-hydrogen) atoms. The molecule has 0 spiro atoms. The minimum Gasteiger partial charge on any atom is -0.497 e. The molecule has 1 fully saturated rings. The van der Waals surface area contributed by atoms with Gasteiger partial charge in [-0.1, -0.05) is 5.21 Å². The van der Waals surface area contributed by atoms with Gasteiger partial charge >= 0.3 is 0 Å². The molecule has 0 unspecified atom stereocenters. The summed E-state index contributed by atoms with van der Waals surface area (Å²) in [6, 6.07) is 5.77. The number of rotatable bonds is 6. The Kier molecular flexibility index (Phi) is 5.72. The van der Waals surface area contributed by atoms with Gasteiger partial charge in [-0.15, -0.1) is 5.10 Å². The van der Waals surface area contributed by atoms with E-state index in [1.807, 2.05) is 34.0 Å². The summed E-state index contributed by atoms with van der Waals surface area (Å²) in [6.07, 6.45) is 1.96. The molecule has 2 heterocycles. The average molecular weight is 359 g/mol. The average Bonchev–Trinajstić information content (AvgIpc) is 3.08. The normalized spacial score (nSPS) is 15.1. The van der Waals surface area contributed by atoms with Crippen molar-refractivity contribution >= 4 is 5.91 Å². The van der Waals surface area contributed by atoms with E-state index in [-0.39, 0.29) is 5.91 Å². The number of carbonyl (C=O) groups excluding carboxylic acids is 1. The molecule has 1 aromatic carbocycles. The molecule has 0 atom stereocenters. The summed E-state index contributed by atoms with van der Waals surface area (Å²) in [6.45, 7) is 6.22. The summed E-state index contributed by atoms with van der Waals surface area (Å²) < 4.78 is 12.4. The fourth-order valence-corrected chi connectivity index (χ4v) is 3.08. The van der Waals surface area contributed by atoms with Crippen LogP contribution in [0, 0.1) is 0 Å². The first-order chi connectivity index (χ1) is 12.6. The van der Waals surface area contributed by atoms with E-state index in [2.05, 4.69) is 15.2 Å². The van der Waals surface area contributed by atoms with Crippen LogP contribution in [0.25, 0.3) is 0 Å². The lowest BCUT2D eigenvalue weighted by molar-refractivity contribution is -0.130. The summed E-state index contributed by atoms with van der Waals surface area (Å²) in [5, 5.41) is 8.50. The van der Waals surface area contributed by atoms with Gasteiger partial charge < -0.3 is 14.4 Å². The second-order valence-corrected chi connectivity index (χ2v) is 6.41. The van der Waals surface area contributed by atoms with E-state index < -0.39 is 0 Å². The molecular weight excluding hydrogens is 334 g/mol. The maximum atomic E-state index is 11.4. The maximum absolute atomic E-state index is 11.4. The van der Waals surface area contributed by atoms with E-state index in [9.17, 15) is 4.79 Å². The third-order valence-corrected chi connectivity index (χ3v) is 4.55. The van der Waals surface area contributed by atoms with Crippen molar-refractivity contribution in [1.82, 2.24) is 24.8 Å². The van der Waals surface area contributed by atoms with Gasteiger partial charge in [0, 0.05) is 45.7 Å². The lowest BCUT2D eigenvalue weighted by Gasteiger charge is -2.33. The highest BCUT2D eigenvalue weighted by molar-refractivity contribution is 5.73. The van der Waals surface area contributed by atoms with Crippen molar-refractivity contribution in [2.45, 2.75) is 20.0 Å². The molecule has 140 valence electrons. The predicted octanol–water partition coefficient (Wildman–Crippen LogP) is 1.01. The number of piperazine rings is 1. The fourth-order valence-electron chi connectivity index (χ4n) is 3.08. The maximum Gasteiger partial charge on any atom is 0.219 e. The van der Waals surface area contributed by atoms with Crippen molar-refractivity contribution in [3.05, 3.63) is 35.7 Å². The van der Waals surface area contributed by atoms with Crippen LogP contribution < -0.4 is 9.47 Å². The zero-order valence-corrected chi connectivity index (χ0v) is 15.5. The molecule has 2 aromatic rings. The zero-order valence-electron chi connectivity index (χ0n) is 15.5. The monoisotopic (exact) mass is 359 g/mol. The highest BCUT2D eigenvalue weighted by atomic mass is 16.5. The van der Waals surface area contributed by atoms with Gasteiger partial charge in [-0.2, -0.15) is 0 Å². The van der Waals surface area contributed by atoms with Crippen molar-refractivity contribution in [3.63, 3.8) is 0 Å². The minimum atomic E-state index is 0.143. The third-order valence-electron chi connectivity index (χ3n) is 4.55. The molecular formula is C18H25N5O3. The molecule has 1 amide bonds. The molecule has 0 N–H and O–H groups in total. The molecule has 0 saturated carbocycles. The number of carbonyl (C=O) groups is 1. The zero-order chi connectivity index (χ0) is 18.5. The minimum absolute atomic E-state index is 0.143. The van der Waals surface area contributed by atoms with Crippen LogP contribution in [0.1, 0.15) is 18.2 Å². The van der Waals surface area contributed by atoms with Gasteiger partial charge in [0.15, 0.2) is 0 Å². The summed E-state index contributed by atoms with van der Waals surface area (Å²) in [4.78, 5) is 15.6. The van der Waals surface area contributed by atoms with Crippen molar-refractivity contribution < 1.29 is 14.3 Å². The van der Waals surface area contributed by atoms with Crippen LogP contribution in [-0.2, 0) is 17.9 Å². The second-order valence-electron chi connectivity index (χ2n) is 6.41. The summed E-state index contributed by atoms with van der Waals surface area (Å²) >= 11 is 0. The Labute approximate surface area is 153 Å². The SMILES string of the molecule is COc1cc(Cn2cc(CN3CCN(C(C)=O)CC3)nn2)cc(OC)c1. The van der Waals surface area contributed by atoms with E-state index in [4.69, 9.17) is 9.47 Å². The van der Waals surface area contributed by atoms with Crippen molar-refractivity contribution in [2.75, 3.05) is 40.4 Å². The number of nitrogens with zero attached hydrogens (tertiary/aromatic N) is 5. The Morgan fingerprint density at radius 1 is 1.04 bits per heavy atom. The van der Waals surface area contributed by atoms with Gasteiger partial charge in [-0.3, -0.25) is 9.69 Å². The van der Waals surface area contributed by atoms with Gasteiger partial charge in [-0.05, 0) is 17.7 Å². The molecule has 3 rings (SSSR count). The van der Waals surface area contributed by atoms with E-state index >= 15 is 0 Å². The topological polar surface area (TPSA) is 72.7 Å². The van der Waals surface area contributed by atoms with Crippen molar-refractivity contribution in [2.24, 2.45) is 0 Å². The van der Waals surface area contributed by atoms with Crippen LogP contribution in [0.4, 0.5) is 0 Å². The summed E-state index contributed by atoms with van der Waals surface area (Å²) in [7, 11) is 3.27. The predicted molar refractivity (Wildman–Crippen MR) is 96.2 cm³/mol. The molecule has 1 aliphatic rings. The molecule has 1 aliphatic heterocycles. The van der Waals surface area contributed by atoms with E-state index in [1.54, 1.807) is 21.1 Å². The van der Waals surface area contributed by atoms with Crippen molar-refractivity contribution in [3.8, 4) is 11.5 Å². The fraction of sp³-hybridized carbons (Fsp3) is 0.500. The Balaban J connectivity index is 1.59. The molecule has 0 aliphatic carbocycles. The number of hydrogen-bond donors (Lipinski definition) is 0. The molecule has 8 heteroatoms. The molecule has 0 radical (unpaired) electrons. The van der Waals surface area contributed by atoms with Crippen LogP contribution in [-0.4, -0.2) is 71.1 Å². The van der Waals surface area contributed by atoms with E-state index in [1.165, 1.54) is 0 Å². The summed E-state index contributed by atoms with van der Waals surface area (Å²) in [5.41, 5.74) is 1.96. The van der Waals surface area contributed by atoms with Crippen LogP contribution >= 0.6 is 0 Å². The molecule has 1 aromatic heterocycles. The highest BCUT2D eigenvalue weighted by Crippen LogP contribution is 2.23. The highest BCUT2D eigenvalue weighted by Gasteiger charge is 2.19. The first-order valence-electron chi connectivity index (χ1n) is 8.66. The lowest BCUT2D eigenvalue weighted by Crippen LogP contribution is -2.47. The van der Waals surface area contributed by atoms with Gasteiger partial charge in [0.1, 0.15) is 11.5 Å². The third kappa shape index (κ3) is 4.51. The van der Waals surface area contributed by atoms with Crippen molar-refractivity contribution in [1.29, 1.82) is 0 Å². The Morgan fingerprint density at radius 3 is 2.27 bits per heavy atom. The Morgan fingerprint density at radius 2 is 1.69 bits per heavy atom. The lowest BCUT2D eigenvalue weighted by atomic mass is 10.2. The first kappa shape index (κ1) is 18.2. The van der Waals surface area contributed by atoms with E-state index in [0.717, 1.165) is 55.5 Å². The van der Waals surface area contributed by atoms with Gasteiger partial charge in [0.25, 0.3) is 0 Å². The standard InChI is InChI=1S/C18H25N5O3/c1-14(24)22-6-4-21(5-7-22)12-16-13-23(20-19-16)11-15-8-17(25-2)10-18(9-15)26-3/h8-10,13H,4-7,11-12H2,1-3H3. The molecule has 0 bridgehead atoms. The molecule has 1 saturated heterocycles. The Hall–Kier alpha value is -2.61. The Bertz CT molecular complexity index is 731. The largest absolute Gasteiger partial charge is 0.497 e. The number of ether oxygens (including phenoxy) is 2. The van der Waals surface area contributed by atoms with Gasteiger partial charge in [0.2, 0.25) is 5.91 Å². The van der Waals surface area contributed by atoms with Crippen LogP contribution in [0.2, 0.25) is 0 Å². The number of benzene rings is 1.